The molecular formula is C15H15ClO. The van der Waals surface area contributed by atoms with Crippen molar-refractivity contribution in [3.05, 3.63) is 70.2 Å². The van der Waals surface area contributed by atoms with Gasteiger partial charge in [-0.1, -0.05) is 53.6 Å². The van der Waals surface area contributed by atoms with Crippen LogP contribution in [0.15, 0.2) is 48.5 Å². The van der Waals surface area contributed by atoms with Crippen LogP contribution in [-0.4, -0.2) is 5.11 Å². The van der Waals surface area contributed by atoms with Crippen LogP contribution in [0.2, 0.25) is 5.02 Å². The van der Waals surface area contributed by atoms with Gasteiger partial charge in [-0.15, -0.1) is 0 Å². The van der Waals surface area contributed by atoms with Crippen LogP contribution in [0.5, 0.6) is 0 Å². The van der Waals surface area contributed by atoms with Gasteiger partial charge in [0.25, 0.3) is 0 Å². The van der Waals surface area contributed by atoms with Crippen molar-refractivity contribution in [1.82, 2.24) is 0 Å². The quantitative estimate of drug-likeness (QED) is 0.852. The van der Waals surface area contributed by atoms with Crippen LogP contribution >= 0.6 is 11.6 Å². The molecule has 0 aromatic heterocycles. The highest BCUT2D eigenvalue weighted by Crippen LogP contribution is 2.29. The second kappa shape index (κ2) is 4.52. The third-order valence-corrected chi connectivity index (χ3v) is 3.27. The van der Waals surface area contributed by atoms with Gasteiger partial charge in [-0.05, 0) is 37.1 Å². The Bertz CT molecular complexity index is 450. The lowest BCUT2D eigenvalue weighted by molar-refractivity contribution is 0.102. The Labute approximate surface area is 107 Å². The number of hydrogen-bond donors (Lipinski definition) is 1. The van der Waals surface area contributed by atoms with E-state index in [9.17, 15) is 5.11 Å². The van der Waals surface area contributed by atoms with Crippen molar-refractivity contribution in [3.8, 4) is 0 Å². The highest BCUT2D eigenvalue weighted by molar-refractivity contribution is 6.30. The molecule has 2 aromatic rings. The van der Waals surface area contributed by atoms with Crippen LogP contribution < -0.4 is 0 Å². The summed E-state index contributed by atoms with van der Waals surface area (Å²) in [6, 6.07) is 15.2. The average molecular weight is 247 g/mol. The van der Waals surface area contributed by atoms with Crippen molar-refractivity contribution in [2.24, 2.45) is 0 Å². The third-order valence-electron chi connectivity index (χ3n) is 3.02. The van der Waals surface area contributed by atoms with Gasteiger partial charge in [-0.3, -0.25) is 0 Å². The van der Waals surface area contributed by atoms with Crippen molar-refractivity contribution in [2.45, 2.75) is 19.4 Å². The maximum atomic E-state index is 10.6. The first-order valence-corrected chi connectivity index (χ1v) is 5.93. The van der Waals surface area contributed by atoms with Gasteiger partial charge < -0.3 is 5.11 Å². The predicted molar refractivity (Wildman–Crippen MR) is 71.3 cm³/mol. The largest absolute Gasteiger partial charge is 0.381 e. The minimum atomic E-state index is -0.988. The Morgan fingerprint density at radius 2 is 1.29 bits per heavy atom. The molecule has 2 aromatic carbocycles. The highest BCUT2D eigenvalue weighted by Gasteiger charge is 2.25. The zero-order chi connectivity index (χ0) is 12.5. The standard InChI is InChI=1S/C15H15ClO/c1-11-3-5-12(6-4-11)15(2,17)13-7-9-14(16)10-8-13/h3-10,17H,1-2H3/t15-/m0/s1. The fourth-order valence-corrected chi connectivity index (χ4v) is 1.95. The zero-order valence-electron chi connectivity index (χ0n) is 9.94. The van der Waals surface area contributed by atoms with Gasteiger partial charge in [0.1, 0.15) is 5.60 Å². The highest BCUT2D eigenvalue weighted by atomic mass is 35.5. The first kappa shape index (κ1) is 12.2. The Hall–Kier alpha value is -1.31. The molecule has 88 valence electrons. The molecule has 0 saturated heterocycles. The molecule has 0 fully saturated rings. The number of hydrogen-bond acceptors (Lipinski definition) is 1. The van der Waals surface area contributed by atoms with Crippen molar-refractivity contribution < 1.29 is 5.11 Å². The molecular weight excluding hydrogens is 232 g/mol. The SMILES string of the molecule is Cc1ccc([C@](C)(O)c2ccc(Cl)cc2)cc1. The van der Waals surface area contributed by atoms with Gasteiger partial charge in [0.15, 0.2) is 0 Å². The third kappa shape index (κ3) is 2.51. The van der Waals surface area contributed by atoms with E-state index < -0.39 is 5.60 Å². The van der Waals surface area contributed by atoms with E-state index in [0.717, 1.165) is 11.1 Å². The molecule has 0 aliphatic carbocycles. The summed E-state index contributed by atoms with van der Waals surface area (Å²) in [6.45, 7) is 3.82. The first-order chi connectivity index (χ1) is 8.00. The van der Waals surface area contributed by atoms with Crippen LogP contribution in [0.4, 0.5) is 0 Å². The molecule has 0 aliphatic heterocycles. The summed E-state index contributed by atoms with van der Waals surface area (Å²) >= 11 is 5.85. The summed E-state index contributed by atoms with van der Waals surface area (Å²) in [4.78, 5) is 0. The maximum absolute atomic E-state index is 10.6. The Kier molecular flexibility index (Phi) is 3.23. The smallest absolute Gasteiger partial charge is 0.112 e. The summed E-state index contributed by atoms with van der Waals surface area (Å²) in [7, 11) is 0. The molecule has 0 heterocycles. The maximum Gasteiger partial charge on any atom is 0.112 e. The van der Waals surface area contributed by atoms with Crippen LogP contribution in [0.25, 0.3) is 0 Å². The molecule has 0 unspecified atom stereocenters. The van der Waals surface area contributed by atoms with Crippen LogP contribution in [0.1, 0.15) is 23.6 Å². The van der Waals surface area contributed by atoms with Gasteiger partial charge in [0.2, 0.25) is 0 Å². The van der Waals surface area contributed by atoms with Crippen LogP contribution in [-0.2, 0) is 5.60 Å². The molecule has 0 spiro atoms. The molecule has 2 rings (SSSR count). The Morgan fingerprint density at radius 1 is 0.882 bits per heavy atom. The lowest BCUT2D eigenvalue weighted by atomic mass is 9.88. The van der Waals surface area contributed by atoms with Crippen molar-refractivity contribution in [2.75, 3.05) is 0 Å². The van der Waals surface area contributed by atoms with Crippen LogP contribution in [0, 0.1) is 6.92 Å². The predicted octanol–water partition coefficient (Wildman–Crippen LogP) is 3.90. The van der Waals surface area contributed by atoms with E-state index in [0.29, 0.717) is 5.02 Å². The monoisotopic (exact) mass is 246 g/mol. The molecule has 0 radical (unpaired) electrons. The molecule has 2 heteroatoms. The van der Waals surface area contributed by atoms with Gasteiger partial charge in [0.05, 0.1) is 0 Å². The molecule has 1 atom stereocenters. The van der Waals surface area contributed by atoms with E-state index in [1.807, 2.05) is 43.3 Å². The number of rotatable bonds is 2. The number of aryl methyl sites for hydroxylation is 1. The summed E-state index contributed by atoms with van der Waals surface area (Å²) in [5.41, 5.74) is 1.91. The van der Waals surface area contributed by atoms with Crippen LogP contribution in [0.3, 0.4) is 0 Å². The molecule has 0 bridgehead atoms. The Morgan fingerprint density at radius 3 is 1.76 bits per heavy atom. The average Bonchev–Trinajstić information content (AvgIpc) is 2.30. The van der Waals surface area contributed by atoms with Gasteiger partial charge in [-0.25, -0.2) is 0 Å². The topological polar surface area (TPSA) is 20.2 Å². The number of aliphatic hydroxyl groups is 1. The molecule has 17 heavy (non-hydrogen) atoms. The summed E-state index contributed by atoms with van der Waals surface area (Å²) in [5, 5.41) is 11.3. The number of halogens is 1. The molecule has 0 amide bonds. The summed E-state index contributed by atoms with van der Waals surface area (Å²) in [5.74, 6) is 0. The zero-order valence-corrected chi connectivity index (χ0v) is 10.7. The fourth-order valence-electron chi connectivity index (χ4n) is 1.82. The lowest BCUT2D eigenvalue weighted by Gasteiger charge is -2.24. The van der Waals surface area contributed by atoms with E-state index >= 15 is 0 Å². The van der Waals surface area contributed by atoms with E-state index in [1.54, 1.807) is 19.1 Å². The minimum Gasteiger partial charge on any atom is -0.381 e. The molecule has 1 nitrogen and oxygen atoms in total. The van der Waals surface area contributed by atoms with Gasteiger partial charge in [0, 0.05) is 5.02 Å². The molecule has 0 aliphatic rings. The van der Waals surface area contributed by atoms with E-state index in [1.165, 1.54) is 5.56 Å². The van der Waals surface area contributed by atoms with Crippen molar-refractivity contribution >= 4 is 11.6 Å². The molecule has 1 N–H and O–H groups in total. The van der Waals surface area contributed by atoms with E-state index in [2.05, 4.69) is 0 Å². The molecule has 0 saturated carbocycles. The summed E-state index contributed by atoms with van der Waals surface area (Å²) < 4.78 is 0. The minimum absolute atomic E-state index is 0.674. The second-order valence-corrected chi connectivity index (χ2v) is 4.88. The lowest BCUT2D eigenvalue weighted by Crippen LogP contribution is -2.22. The number of benzene rings is 2. The van der Waals surface area contributed by atoms with Gasteiger partial charge >= 0.3 is 0 Å². The van der Waals surface area contributed by atoms with Crippen molar-refractivity contribution in [1.29, 1.82) is 0 Å². The fraction of sp³-hybridized carbons (Fsp3) is 0.200. The van der Waals surface area contributed by atoms with E-state index in [-0.39, 0.29) is 0 Å². The van der Waals surface area contributed by atoms with Crippen molar-refractivity contribution in [3.63, 3.8) is 0 Å². The first-order valence-electron chi connectivity index (χ1n) is 5.56. The van der Waals surface area contributed by atoms with Gasteiger partial charge in [-0.2, -0.15) is 0 Å². The summed E-state index contributed by atoms with van der Waals surface area (Å²) in [6.07, 6.45) is 0. The second-order valence-electron chi connectivity index (χ2n) is 4.45. The van der Waals surface area contributed by atoms with E-state index in [4.69, 9.17) is 11.6 Å². The normalized spacial score (nSPS) is 14.4. The Balaban J connectivity index is 2.41.